The average molecular weight is 279 g/mol. The van der Waals surface area contributed by atoms with Crippen LogP contribution in [0.15, 0.2) is 29.2 Å². The number of benzene rings is 1. The summed E-state index contributed by atoms with van der Waals surface area (Å²) in [6, 6.07) is 6.34. The van der Waals surface area contributed by atoms with Gasteiger partial charge in [0.2, 0.25) is 10.0 Å². The molecule has 102 valence electrons. The highest BCUT2D eigenvalue weighted by Gasteiger charge is 2.31. The van der Waals surface area contributed by atoms with Crippen molar-refractivity contribution in [3.8, 4) is 12.3 Å². The van der Waals surface area contributed by atoms with Crippen LogP contribution in [0, 0.1) is 18.3 Å². The number of terminal acetylenes is 1. The minimum Gasteiger partial charge on any atom is -0.392 e. The third-order valence-corrected chi connectivity index (χ3v) is 4.95. The predicted octanol–water partition coefficient (Wildman–Crippen LogP) is 1.21. The number of hydrogen-bond donors (Lipinski definition) is 1. The van der Waals surface area contributed by atoms with Gasteiger partial charge in [-0.05, 0) is 36.5 Å². The summed E-state index contributed by atoms with van der Waals surface area (Å²) in [6.45, 7) is 0.388. The minimum absolute atomic E-state index is 0.0855. The second-order valence-electron chi connectivity index (χ2n) is 4.75. The Morgan fingerprint density at radius 3 is 2.74 bits per heavy atom. The van der Waals surface area contributed by atoms with Crippen molar-refractivity contribution in [3.05, 3.63) is 29.8 Å². The van der Waals surface area contributed by atoms with Gasteiger partial charge in [-0.15, -0.1) is 6.42 Å². The molecule has 4 nitrogen and oxygen atoms in total. The van der Waals surface area contributed by atoms with Crippen molar-refractivity contribution in [3.63, 3.8) is 0 Å². The largest absolute Gasteiger partial charge is 0.392 e. The Bertz CT molecular complexity index is 585. The van der Waals surface area contributed by atoms with Crippen LogP contribution in [-0.2, 0) is 16.6 Å². The number of nitrogens with zero attached hydrogens (tertiary/aromatic N) is 1. The standard InChI is InChI=1S/C14H17NO3S/c1-2-8-15(10-12-6-7-12)19(17,18)14-5-3-4-13(9-14)11-16/h1,3-5,9,12,16H,6-8,10-11H2. The zero-order valence-corrected chi connectivity index (χ0v) is 11.4. The SMILES string of the molecule is C#CCN(CC1CC1)S(=O)(=O)c1cccc(CO)c1. The zero-order chi connectivity index (χ0) is 13.9. The second-order valence-corrected chi connectivity index (χ2v) is 6.69. The van der Waals surface area contributed by atoms with Crippen molar-refractivity contribution in [1.82, 2.24) is 4.31 Å². The molecule has 0 unspecified atom stereocenters. The molecule has 0 heterocycles. The molecule has 0 bridgehead atoms. The van der Waals surface area contributed by atoms with Gasteiger partial charge in [-0.3, -0.25) is 0 Å². The van der Waals surface area contributed by atoms with Crippen LogP contribution in [0.25, 0.3) is 0 Å². The summed E-state index contributed by atoms with van der Waals surface area (Å²) in [4.78, 5) is 0.190. The molecule has 2 rings (SSSR count). The first-order valence-corrected chi connectivity index (χ1v) is 7.65. The molecule has 1 aromatic rings. The highest BCUT2D eigenvalue weighted by atomic mass is 32.2. The Kier molecular flexibility index (Phi) is 4.25. The average Bonchev–Trinajstić information content (AvgIpc) is 3.22. The lowest BCUT2D eigenvalue weighted by atomic mass is 10.2. The van der Waals surface area contributed by atoms with Gasteiger partial charge in [-0.1, -0.05) is 18.1 Å². The first kappa shape index (κ1) is 14.1. The Balaban J connectivity index is 2.29. The molecule has 19 heavy (non-hydrogen) atoms. The van der Waals surface area contributed by atoms with Crippen LogP contribution in [-0.4, -0.2) is 30.9 Å². The van der Waals surface area contributed by atoms with Gasteiger partial charge in [0.05, 0.1) is 18.0 Å². The Morgan fingerprint density at radius 2 is 2.16 bits per heavy atom. The van der Waals surface area contributed by atoms with E-state index in [1.54, 1.807) is 12.1 Å². The predicted molar refractivity (Wildman–Crippen MR) is 72.7 cm³/mol. The summed E-state index contributed by atoms with van der Waals surface area (Å²) < 4.78 is 26.4. The van der Waals surface area contributed by atoms with E-state index >= 15 is 0 Å². The zero-order valence-electron chi connectivity index (χ0n) is 10.6. The van der Waals surface area contributed by atoms with Gasteiger partial charge < -0.3 is 5.11 Å². The van der Waals surface area contributed by atoms with Crippen LogP contribution in [0.3, 0.4) is 0 Å². The minimum atomic E-state index is -3.57. The van der Waals surface area contributed by atoms with Gasteiger partial charge in [0.1, 0.15) is 0 Å². The summed E-state index contributed by atoms with van der Waals surface area (Å²) >= 11 is 0. The van der Waals surface area contributed by atoms with Gasteiger partial charge in [0.25, 0.3) is 0 Å². The number of rotatable bonds is 6. The maximum Gasteiger partial charge on any atom is 0.243 e. The molecule has 0 atom stereocenters. The molecule has 5 heteroatoms. The molecule has 0 aromatic heterocycles. The summed E-state index contributed by atoms with van der Waals surface area (Å²) in [6.07, 6.45) is 7.39. The third-order valence-electron chi connectivity index (χ3n) is 3.15. The molecule has 1 aliphatic rings. The fraction of sp³-hybridized carbons (Fsp3) is 0.429. The molecule has 0 saturated heterocycles. The summed E-state index contributed by atoms with van der Waals surface area (Å²) in [5, 5.41) is 9.08. The van der Waals surface area contributed by atoms with Gasteiger partial charge >= 0.3 is 0 Å². The Hall–Kier alpha value is -1.35. The van der Waals surface area contributed by atoms with E-state index < -0.39 is 10.0 Å². The van der Waals surface area contributed by atoms with Crippen molar-refractivity contribution in [1.29, 1.82) is 0 Å². The number of aliphatic hydroxyl groups is 1. The first-order valence-electron chi connectivity index (χ1n) is 6.21. The van der Waals surface area contributed by atoms with Crippen LogP contribution >= 0.6 is 0 Å². The van der Waals surface area contributed by atoms with Crippen molar-refractivity contribution in [2.45, 2.75) is 24.3 Å². The van der Waals surface area contributed by atoms with Crippen LogP contribution in [0.5, 0.6) is 0 Å². The maximum atomic E-state index is 12.5. The van der Waals surface area contributed by atoms with E-state index in [9.17, 15) is 8.42 Å². The van der Waals surface area contributed by atoms with E-state index in [0.717, 1.165) is 12.8 Å². The molecule has 1 aromatic carbocycles. The highest BCUT2D eigenvalue weighted by Crippen LogP contribution is 2.31. The topological polar surface area (TPSA) is 57.6 Å². The number of aliphatic hydroxyl groups excluding tert-OH is 1. The van der Waals surface area contributed by atoms with Crippen LogP contribution in [0.1, 0.15) is 18.4 Å². The summed E-state index contributed by atoms with van der Waals surface area (Å²) in [7, 11) is -3.57. The molecule has 0 aliphatic heterocycles. The van der Waals surface area contributed by atoms with Gasteiger partial charge in [0, 0.05) is 6.54 Å². The van der Waals surface area contributed by atoms with E-state index in [1.807, 2.05) is 0 Å². The molecular weight excluding hydrogens is 262 g/mol. The Morgan fingerprint density at radius 1 is 1.42 bits per heavy atom. The van der Waals surface area contributed by atoms with Gasteiger partial charge in [-0.25, -0.2) is 8.42 Å². The number of sulfonamides is 1. The molecule has 1 fully saturated rings. The molecule has 0 amide bonds. The van der Waals surface area contributed by atoms with E-state index in [4.69, 9.17) is 11.5 Å². The lowest BCUT2D eigenvalue weighted by molar-refractivity contribution is 0.281. The molecule has 0 spiro atoms. The quantitative estimate of drug-likeness (QED) is 0.796. The van der Waals surface area contributed by atoms with E-state index in [-0.39, 0.29) is 18.0 Å². The van der Waals surface area contributed by atoms with Crippen LogP contribution < -0.4 is 0 Å². The molecule has 1 aliphatic carbocycles. The summed E-state index contributed by atoms with van der Waals surface area (Å²) in [5.41, 5.74) is 0.577. The van der Waals surface area contributed by atoms with Crippen molar-refractivity contribution < 1.29 is 13.5 Å². The fourth-order valence-corrected chi connectivity index (χ4v) is 3.39. The van der Waals surface area contributed by atoms with Gasteiger partial charge in [0.15, 0.2) is 0 Å². The second kappa shape index (κ2) is 5.74. The first-order chi connectivity index (χ1) is 9.07. The molecule has 1 N–H and O–H groups in total. The van der Waals surface area contributed by atoms with Crippen LogP contribution in [0.4, 0.5) is 0 Å². The van der Waals surface area contributed by atoms with Crippen LogP contribution in [0.2, 0.25) is 0 Å². The van der Waals surface area contributed by atoms with E-state index in [0.29, 0.717) is 18.0 Å². The lowest BCUT2D eigenvalue weighted by Crippen LogP contribution is -2.33. The molecule has 0 radical (unpaired) electrons. The van der Waals surface area contributed by atoms with Gasteiger partial charge in [-0.2, -0.15) is 4.31 Å². The Labute approximate surface area is 114 Å². The van der Waals surface area contributed by atoms with E-state index in [2.05, 4.69) is 5.92 Å². The van der Waals surface area contributed by atoms with Crippen molar-refractivity contribution in [2.75, 3.05) is 13.1 Å². The summed E-state index contributed by atoms with van der Waals surface area (Å²) in [5.74, 6) is 2.84. The fourth-order valence-electron chi connectivity index (χ4n) is 1.89. The monoisotopic (exact) mass is 279 g/mol. The number of hydrogen-bond acceptors (Lipinski definition) is 3. The van der Waals surface area contributed by atoms with Crippen molar-refractivity contribution >= 4 is 10.0 Å². The maximum absolute atomic E-state index is 12.5. The molecular formula is C14H17NO3S. The lowest BCUT2D eigenvalue weighted by Gasteiger charge is -2.20. The van der Waals surface area contributed by atoms with Crippen molar-refractivity contribution in [2.24, 2.45) is 5.92 Å². The smallest absolute Gasteiger partial charge is 0.243 e. The third kappa shape index (κ3) is 3.35. The molecule has 1 saturated carbocycles. The highest BCUT2D eigenvalue weighted by molar-refractivity contribution is 7.89. The van der Waals surface area contributed by atoms with E-state index in [1.165, 1.54) is 16.4 Å². The normalized spacial score (nSPS) is 15.4.